The van der Waals surface area contributed by atoms with Gasteiger partial charge in [-0.1, -0.05) is 0 Å². The van der Waals surface area contributed by atoms with Gasteiger partial charge in [-0.3, -0.25) is 0 Å². The van der Waals surface area contributed by atoms with E-state index in [0.717, 1.165) is 12.3 Å². The molecule has 2 heterocycles. The van der Waals surface area contributed by atoms with E-state index in [9.17, 15) is 22.0 Å². The molecule has 2 aromatic rings. The summed E-state index contributed by atoms with van der Waals surface area (Å²) in [4.78, 5) is 21.1. The highest BCUT2D eigenvalue weighted by Crippen LogP contribution is 2.26. The second-order valence-corrected chi connectivity index (χ2v) is 10.7. The van der Waals surface area contributed by atoms with E-state index in [1.165, 1.54) is 12.4 Å². The van der Waals surface area contributed by atoms with E-state index >= 15 is 0 Å². The Balaban J connectivity index is 1.62. The molecule has 1 saturated heterocycles. The zero-order valence-corrected chi connectivity index (χ0v) is 19.6. The fourth-order valence-corrected chi connectivity index (χ4v) is 3.90. The summed E-state index contributed by atoms with van der Waals surface area (Å²) in [7, 11) is -3.91. The standard InChI is InChI=1S/C21H26F2N4O5S/c1-21(2,3)32-20(28)27-7-5-13(6-8-27)31-19-11-18(24-12-25-19)26-16-9-15(23)17(10-14(16)22)33(4,29)30/h9-13H,5-8H2,1-4H3,(H,24,25,26). The highest BCUT2D eigenvalue weighted by Gasteiger charge is 2.28. The first-order chi connectivity index (χ1) is 15.3. The molecule has 1 aromatic carbocycles. The van der Waals surface area contributed by atoms with E-state index < -0.39 is 32.0 Å². The summed E-state index contributed by atoms with van der Waals surface area (Å²) in [5.74, 6) is -1.68. The summed E-state index contributed by atoms with van der Waals surface area (Å²) >= 11 is 0. The number of hydrogen-bond acceptors (Lipinski definition) is 8. The van der Waals surface area contributed by atoms with Gasteiger partial charge in [-0.25, -0.2) is 32.0 Å². The maximum Gasteiger partial charge on any atom is 0.410 e. The number of halogens is 2. The number of nitrogens with zero attached hydrogens (tertiary/aromatic N) is 3. The van der Waals surface area contributed by atoms with Gasteiger partial charge in [0.2, 0.25) is 5.88 Å². The number of benzene rings is 1. The first-order valence-corrected chi connectivity index (χ1v) is 12.1. The average Bonchev–Trinajstić information content (AvgIpc) is 2.69. The van der Waals surface area contributed by atoms with Crippen molar-refractivity contribution in [3.05, 3.63) is 36.2 Å². The van der Waals surface area contributed by atoms with Crippen molar-refractivity contribution >= 4 is 27.4 Å². The molecule has 1 N–H and O–H groups in total. The number of carbonyl (C=O) groups excluding carboxylic acids is 1. The Labute approximate surface area is 191 Å². The van der Waals surface area contributed by atoms with Crippen LogP contribution in [0.4, 0.5) is 25.1 Å². The van der Waals surface area contributed by atoms with Gasteiger partial charge in [-0.05, 0) is 26.8 Å². The predicted octanol–water partition coefficient (Wildman–Crippen LogP) is 3.68. The van der Waals surface area contributed by atoms with Crippen molar-refractivity contribution in [2.45, 2.75) is 50.2 Å². The fourth-order valence-electron chi connectivity index (χ4n) is 3.17. The molecule has 0 saturated carbocycles. The number of rotatable bonds is 5. The Bertz CT molecular complexity index is 1130. The lowest BCUT2D eigenvalue weighted by molar-refractivity contribution is 0.0123. The fraction of sp³-hybridized carbons (Fsp3) is 0.476. The first-order valence-electron chi connectivity index (χ1n) is 10.2. The molecular formula is C21H26F2N4O5S. The van der Waals surface area contributed by atoms with Gasteiger partial charge in [0, 0.05) is 44.3 Å². The van der Waals surface area contributed by atoms with Gasteiger partial charge >= 0.3 is 6.09 Å². The van der Waals surface area contributed by atoms with Crippen LogP contribution in [-0.2, 0) is 14.6 Å². The molecule has 1 aliphatic heterocycles. The first kappa shape index (κ1) is 24.6. The van der Waals surface area contributed by atoms with Crippen molar-refractivity contribution in [1.82, 2.24) is 14.9 Å². The zero-order valence-electron chi connectivity index (χ0n) is 18.8. The molecule has 1 amide bonds. The summed E-state index contributed by atoms with van der Waals surface area (Å²) in [6, 6.07) is 2.78. The summed E-state index contributed by atoms with van der Waals surface area (Å²) in [6.45, 7) is 6.35. The van der Waals surface area contributed by atoms with Crippen molar-refractivity contribution in [3.63, 3.8) is 0 Å². The zero-order chi connectivity index (χ0) is 24.4. The van der Waals surface area contributed by atoms with Crippen LogP contribution >= 0.6 is 0 Å². The van der Waals surface area contributed by atoms with Gasteiger partial charge < -0.3 is 19.7 Å². The molecule has 33 heavy (non-hydrogen) atoms. The van der Waals surface area contributed by atoms with Crippen LogP contribution < -0.4 is 10.1 Å². The molecular weight excluding hydrogens is 458 g/mol. The Morgan fingerprint density at radius 3 is 2.39 bits per heavy atom. The minimum Gasteiger partial charge on any atom is -0.474 e. The monoisotopic (exact) mass is 484 g/mol. The quantitative estimate of drug-likeness (QED) is 0.684. The summed E-state index contributed by atoms with van der Waals surface area (Å²) < 4.78 is 62.7. The van der Waals surface area contributed by atoms with Crippen molar-refractivity contribution in [3.8, 4) is 5.88 Å². The van der Waals surface area contributed by atoms with Crippen molar-refractivity contribution in [2.75, 3.05) is 24.7 Å². The smallest absolute Gasteiger partial charge is 0.410 e. The molecule has 3 rings (SSSR count). The number of aromatic nitrogens is 2. The largest absolute Gasteiger partial charge is 0.474 e. The van der Waals surface area contributed by atoms with Gasteiger partial charge in [0.05, 0.1) is 5.69 Å². The molecule has 0 atom stereocenters. The number of hydrogen-bond donors (Lipinski definition) is 1. The number of anilines is 2. The van der Waals surface area contributed by atoms with E-state index in [1.54, 1.807) is 4.90 Å². The maximum atomic E-state index is 14.3. The van der Waals surface area contributed by atoms with Crippen LogP contribution in [0.25, 0.3) is 0 Å². The number of piperidine rings is 1. The third kappa shape index (κ3) is 6.73. The van der Waals surface area contributed by atoms with Crippen LogP contribution in [0.1, 0.15) is 33.6 Å². The van der Waals surface area contributed by atoms with Crippen LogP contribution in [0.3, 0.4) is 0 Å². The second kappa shape index (κ2) is 9.46. The third-order valence-electron chi connectivity index (χ3n) is 4.71. The minimum absolute atomic E-state index is 0.136. The van der Waals surface area contributed by atoms with E-state index in [4.69, 9.17) is 9.47 Å². The lowest BCUT2D eigenvalue weighted by Gasteiger charge is -2.33. The van der Waals surface area contributed by atoms with Crippen LogP contribution in [0.15, 0.2) is 29.4 Å². The van der Waals surface area contributed by atoms with Crippen LogP contribution in [0.2, 0.25) is 0 Å². The Morgan fingerprint density at radius 1 is 1.12 bits per heavy atom. The molecule has 0 unspecified atom stereocenters. The highest BCUT2D eigenvalue weighted by atomic mass is 32.2. The number of amides is 1. The van der Waals surface area contributed by atoms with Crippen molar-refractivity contribution in [1.29, 1.82) is 0 Å². The van der Waals surface area contributed by atoms with Gasteiger partial charge in [0.25, 0.3) is 0 Å². The van der Waals surface area contributed by atoms with Crippen molar-refractivity contribution < 1.29 is 31.5 Å². The van der Waals surface area contributed by atoms with E-state index in [2.05, 4.69) is 15.3 Å². The Morgan fingerprint density at radius 2 is 1.79 bits per heavy atom. The van der Waals surface area contributed by atoms with Gasteiger partial charge in [-0.2, -0.15) is 0 Å². The number of carbonyl (C=O) groups is 1. The van der Waals surface area contributed by atoms with E-state index in [1.807, 2.05) is 20.8 Å². The van der Waals surface area contributed by atoms with Crippen molar-refractivity contribution in [2.24, 2.45) is 0 Å². The van der Waals surface area contributed by atoms with E-state index in [0.29, 0.717) is 32.0 Å². The molecule has 0 spiro atoms. The van der Waals surface area contributed by atoms with E-state index in [-0.39, 0.29) is 29.6 Å². The third-order valence-corrected chi connectivity index (χ3v) is 5.82. The average molecular weight is 485 g/mol. The number of nitrogens with one attached hydrogen (secondary N) is 1. The second-order valence-electron chi connectivity index (χ2n) is 8.69. The van der Waals surface area contributed by atoms with Gasteiger partial charge in [-0.15, -0.1) is 0 Å². The maximum absolute atomic E-state index is 14.3. The summed E-state index contributed by atoms with van der Waals surface area (Å²) in [5, 5.41) is 2.60. The molecule has 0 radical (unpaired) electrons. The lowest BCUT2D eigenvalue weighted by Crippen LogP contribution is -2.44. The topological polar surface area (TPSA) is 111 Å². The normalized spacial score (nSPS) is 15.3. The highest BCUT2D eigenvalue weighted by molar-refractivity contribution is 7.90. The molecule has 9 nitrogen and oxygen atoms in total. The molecule has 12 heteroatoms. The van der Waals surface area contributed by atoms with Crippen LogP contribution in [0, 0.1) is 11.6 Å². The minimum atomic E-state index is -3.91. The lowest BCUT2D eigenvalue weighted by atomic mass is 10.1. The summed E-state index contributed by atoms with van der Waals surface area (Å²) in [6.07, 6.45) is 2.56. The van der Waals surface area contributed by atoms with Gasteiger partial charge in [0.15, 0.2) is 9.84 Å². The number of ether oxygens (including phenoxy) is 2. The van der Waals surface area contributed by atoms with Crippen LogP contribution in [-0.4, -0.2) is 60.4 Å². The summed E-state index contributed by atoms with van der Waals surface area (Å²) in [5.41, 5.74) is -0.849. The Hall–Kier alpha value is -3.02. The molecule has 180 valence electrons. The molecule has 1 aliphatic rings. The molecule has 1 fully saturated rings. The predicted molar refractivity (Wildman–Crippen MR) is 116 cm³/mol. The molecule has 0 bridgehead atoms. The SMILES string of the molecule is CC(C)(C)OC(=O)N1CCC(Oc2cc(Nc3cc(F)c(S(C)(=O)=O)cc3F)ncn2)CC1. The Kier molecular flexibility index (Phi) is 7.06. The number of likely N-dealkylation sites (tertiary alicyclic amines) is 1. The van der Waals surface area contributed by atoms with Gasteiger partial charge in [0.1, 0.15) is 40.4 Å². The molecule has 0 aliphatic carbocycles. The van der Waals surface area contributed by atoms with Crippen LogP contribution in [0.5, 0.6) is 5.88 Å². The number of sulfone groups is 1. The molecule has 1 aromatic heterocycles.